The van der Waals surface area contributed by atoms with E-state index in [9.17, 15) is 0 Å². The molecule has 3 nitrogen and oxygen atoms in total. The predicted octanol–water partition coefficient (Wildman–Crippen LogP) is 2.82. The van der Waals surface area contributed by atoms with Gasteiger partial charge in [-0.1, -0.05) is 42.5 Å². The van der Waals surface area contributed by atoms with E-state index in [0.717, 1.165) is 29.9 Å². The molecule has 0 radical (unpaired) electrons. The molecule has 0 spiro atoms. The van der Waals surface area contributed by atoms with Crippen molar-refractivity contribution in [3.05, 3.63) is 59.7 Å². The number of rotatable bonds is 7. The zero-order valence-electron chi connectivity index (χ0n) is 11.8. The summed E-state index contributed by atoms with van der Waals surface area (Å²) in [6.45, 7) is 1.23. The van der Waals surface area contributed by atoms with Gasteiger partial charge >= 0.3 is 0 Å². The van der Waals surface area contributed by atoms with Gasteiger partial charge in [-0.3, -0.25) is 0 Å². The van der Waals surface area contributed by atoms with Crippen molar-refractivity contribution >= 4 is 0 Å². The molecule has 2 rings (SSSR count). The van der Waals surface area contributed by atoms with Crippen LogP contribution in [0.2, 0.25) is 0 Å². The lowest BCUT2D eigenvalue weighted by Crippen LogP contribution is -2.08. The number of nitrogens with two attached hydrogens (primary N) is 1. The summed E-state index contributed by atoms with van der Waals surface area (Å²) >= 11 is 0. The number of methoxy groups -OCH3 is 1. The van der Waals surface area contributed by atoms with Crippen LogP contribution in [0.4, 0.5) is 0 Å². The summed E-state index contributed by atoms with van der Waals surface area (Å²) < 4.78 is 11.3. The van der Waals surface area contributed by atoms with Crippen LogP contribution in [0, 0.1) is 0 Å². The van der Waals surface area contributed by atoms with Gasteiger partial charge in [-0.05, 0) is 30.2 Å². The summed E-state index contributed by atoms with van der Waals surface area (Å²) in [4.78, 5) is 0. The Labute approximate surface area is 120 Å². The number of hydrogen-bond acceptors (Lipinski definition) is 3. The average molecular weight is 271 g/mol. The Balaban J connectivity index is 2.04. The molecule has 106 valence electrons. The number of benzene rings is 2. The molecule has 3 heteroatoms. The molecule has 0 fully saturated rings. The quantitative estimate of drug-likeness (QED) is 0.842. The molecule has 0 atom stereocenters. The summed E-state index contributed by atoms with van der Waals surface area (Å²) in [5.74, 6) is 1.58. The fraction of sp³-hybridized carbons (Fsp3) is 0.294. The van der Waals surface area contributed by atoms with E-state index >= 15 is 0 Å². The lowest BCUT2D eigenvalue weighted by molar-refractivity contribution is 0.294. The van der Waals surface area contributed by atoms with Gasteiger partial charge in [0.05, 0.1) is 13.7 Å². The van der Waals surface area contributed by atoms with Crippen molar-refractivity contribution < 1.29 is 9.47 Å². The second-order valence-electron chi connectivity index (χ2n) is 4.57. The Kier molecular flexibility index (Phi) is 5.44. The van der Waals surface area contributed by atoms with Gasteiger partial charge in [-0.25, -0.2) is 0 Å². The van der Waals surface area contributed by atoms with Gasteiger partial charge in [0.1, 0.15) is 0 Å². The number of ether oxygens (including phenoxy) is 2. The molecule has 0 aliphatic carbocycles. The van der Waals surface area contributed by atoms with E-state index in [4.69, 9.17) is 15.2 Å². The van der Waals surface area contributed by atoms with Crippen LogP contribution in [0.25, 0.3) is 0 Å². The first-order chi connectivity index (χ1) is 9.85. The first kappa shape index (κ1) is 14.4. The number of para-hydroxylation sites is 1. The molecule has 0 aliphatic heterocycles. The molecule has 0 heterocycles. The standard InChI is InChI=1S/C17H21NO2/c1-19-16-9-5-8-15(10-12-18)17(16)20-13-11-14-6-3-2-4-7-14/h2-9H,10-13,18H2,1H3. The monoisotopic (exact) mass is 271 g/mol. The molecule has 0 aliphatic rings. The second kappa shape index (κ2) is 7.56. The van der Waals surface area contributed by atoms with Crippen molar-refractivity contribution in [3.63, 3.8) is 0 Å². The van der Waals surface area contributed by atoms with Crippen molar-refractivity contribution in [2.24, 2.45) is 5.73 Å². The van der Waals surface area contributed by atoms with Gasteiger partial charge < -0.3 is 15.2 Å². The maximum absolute atomic E-state index is 5.94. The van der Waals surface area contributed by atoms with E-state index in [1.165, 1.54) is 5.56 Å². The Morgan fingerprint density at radius 3 is 2.45 bits per heavy atom. The lowest BCUT2D eigenvalue weighted by atomic mass is 10.1. The minimum absolute atomic E-state index is 0.599. The molecular weight excluding hydrogens is 250 g/mol. The van der Waals surface area contributed by atoms with Gasteiger partial charge in [0, 0.05) is 6.42 Å². The Hall–Kier alpha value is -2.00. The van der Waals surface area contributed by atoms with E-state index in [0.29, 0.717) is 13.2 Å². The normalized spacial score (nSPS) is 10.3. The smallest absolute Gasteiger partial charge is 0.164 e. The molecule has 0 saturated heterocycles. The zero-order valence-corrected chi connectivity index (χ0v) is 11.8. The largest absolute Gasteiger partial charge is 0.493 e. The highest BCUT2D eigenvalue weighted by Crippen LogP contribution is 2.31. The van der Waals surface area contributed by atoms with Crippen LogP contribution in [0.1, 0.15) is 11.1 Å². The summed E-state index contributed by atoms with van der Waals surface area (Å²) in [5.41, 5.74) is 8.01. The van der Waals surface area contributed by atoms with E-state index in [1.54, 1.807) is 7.11 Å². The molecule has 2 aromatic rings. The molecule has 20 heavy (non-hydrogen) atoms. The van der Waals surface area contributed by atoms with Gasteiger partial charge in [-0.15, -0.1) is 0 Å². The first-order valence-electron chi connectivity index (χ1n) is 6.88. The van der Waals surface area contributed by atoms with Crippen LogP contribution < -0.4 is 15.2 Å². The zero-order chi connectivity index (χ0) is 14.2. The summed E-state index contributed by atoms with van der Waals surface area (Å²) in [7, 11) is 1.66. The lowest BCUT2D eigenvalue weighted by Gasteiger charge is -2.14. The van der Waals surface area contributed by atoms with Crippen LogP contribution >= 0.6 is 0 Å². The third kappa shape index (κ3) is 3.75. The third-order valence-electron chi connectivity index (χ3n) is 3.17. The average Bonchev–Trinajstić information content (AvgIpc) is 2.50. The Morgan fingerprint density at radius 1 is 0.950 bits per heavy atom. The van der Waals surface area contributed by atoms with Crippen LogP contribution in [0.5, 0.6) is 11.5 Å². The molecule has 0 amide bonds. The molecule has 2 N–H and O–H groups in total. The predicted molar refractivity (Wildman–Crippen MR) is 81.4 cm³/mol. The maximum Gasteiger partial charge on any atom is 0.164 e. The maximum atomic E-state index is 5.94. The van der Waals surface area contributed by atoms with Crippen LogP contribution in [-0.4, -0.2) is 20.3 Å². The highest BCUT2D eigenvalue weighted by molar-refractivity contribution is 5.46. The Morgan fingerprint density at radius 2 is 1.75 bits per heavy atom. The second-order valence-corrected chi connectivity index (χ2v) is 4.57. The van der Waals surface area contributed by atoms with E-state index in [2.05, 4.69) is 12.1 Å². The molecule has 0 unspecified atom stereocenters. The van der Waals surface area contributed by atoms with Gasteiger partial charge in [0.2, 0.25) is 0 Å². The van der Waals surface area contributed by atoms with Gasteiger partial charge in [0.25, 0.3) is 0 Å². The highest BCUT2D eigenvalue weighted by atomic mass is 16.5. The van der Waals surface area contributed by atoms with Crippen molar-refractivity contribution in [1.82, 2.24) is 0 Å². The Bertz CT molecular complexity index is 526. The minimum atomic E-state index is 0.599. The third-order valence-corrected chi connectivity index (χ3v) is 3.17. The fourth-order valence-corrected chi connectivity index (χ4v) is 2.15. The van der Waals surface area contributed by atoms with Gasteiger partial charge in [0.15, 0.2) is 11.5 Å². The molecule has 0 aromatic heterocycles. The minimum Gasteiger partial charge on any atom is -0.493 e. The summed E-state index contributed by atoms with van der Waals surface area (Å²) in [6.07, 6.45) is 1.67. The van der Waals surface area contributed by atoms with Crippen LogP contribution in [-0.2, 0) is 12.8 Å². The van der Waals surface area contributed by atoms with E-state index in [1.807, 2.05) is 36.4 Å². The fourth-order valence-electron chi connectivity index (χ4n) is 2.15. The molecule has 0 saturated carbocycles. The summed E-state index contributed by atoms with van der Waals surface area (Å²) in [5, 5.41) is 0. The van der Waals surface area contributed by atoms with Crippen molar-refractivity contribution in [1.29, 1.82) is 0 Å². The van der Waals surface area contributed by atoms with Crippen LogP contribution in [0.15, 0.2) is 48.5 Å². The molecule has 2 aromatic carbocycles. The number of hydrogen-bond donors (Lipinski definition) is 1. The van der Waals surface area contributed by atoms with E-state index in [-0.39, 0.29) is 0 Å². The highest BCUT2D eigenvalue weighted by Gasteiger charge is 2.09. The molecular formula is C17H21NO2. The first-order valence-corrected chi connectivity index (χ1v) is 6.88. The van der Waals surface area contributed by atoms with Crippen LogP contribution in [0.3, 0.4) is 0 Å². The summed E-state index contributed by atoms with van der Waals surface area (Å²) in [6, 6.07) is 16.2. The van der Waals surface area contributed by atoms with Crippen molar-refractivity contribution in [3.8, 4) is 11.5 Å². The van der Waals surface area contributed by atoms with E-state index < -0.39 is 0 Å². The van der Waals surface area contributed by atoms with Crippen molar-refractivity contribution in [2.75, 3.05) is 20.3 Å². The van der Waals surface area contributed by atoms with Crippen molar-refractivity contribution in [2.45, 2.75) is 12.8 Å². The topological polar surface area (TPSA) is 44.5 Å². The SMILES string of the molecule is COc1cccc(CCN)c1OCCc1ccccc1. The van der Waals surface area contributed by atoms with Gasteiger partial charge in [-0.2, -0.15) is 0 Å². The molecule has 0 bridgehead atoms.